The zero-order chi connectivity index (χ0) is 32.0. The summed E-state index contributed by atoms with van der Waals surface area (Å²) in [5, 5.41) is 28.7. The Hall–Kier alpha value is -4.18. The van der Waals surface area contributed by atoms with Crippen LogP contribution in [-0.2, 0) is 10.0 Å². The highest BCUT2D eigenvalue weighted by molar-refractivity contribution is 8.06. The van der Waals surface area contributed by atoms with Gasteiger partial charge in [0, 0.05) is 37.8 Å². The van der Waals surface area contributed by atoms with Crippen LogP contribution in [0.1, 0.15) is 15.9 Å². The minimum absolute atomic E-state index is 0.00610. The monoisotopic (exact) mass is 647 g/mol. The third-order valence-electron chi connectivity index (χ3n) is 6.78. The Bertz CT molecular complexity index is 1590. The highest BCUT2D eigenvalue weighted by Crippen LogP contribution is 2.45. The third kappa shape index (κ3) is 7.48. The number of aliphatic hydroxyl groups is 2. The molecule has 0 aromatic heterocycles. The maximum atomic E-state index is 13.8. The van der Waals surface area contributed by atoms with E-state index in [1.54, 1.807) is 36.4 Å². The molecule has 236 valence electrons. The summed E-state index contributed by atoms with van der Waals surface area (Å²) in [6.45, 7) is 1.17. The van der Waals surface area contributed by atoms with Crippen LogP contribution in [0.2, 0.25) is 0 Å². The number of anilines is 1. The number of benzene rings is 3. The maximum absolute atomic E-state index is 13.8. The summed E-state index contributed by atoms with van der Waals surface area (Å²) >= 11 is 4.36. The Kier molecular flexibility index (Phi) is 10.5. The first kappa shape index (κ1) is 32.7. The van der Waals surface area contributed by atoms with Crippen LogP contribution >= 0.6 is 12.8 Å². The molecule has 1 atom stereocenters. The van der Waals surface area contributed by atoms with Crippen molar-refractivity contribution >= 4 is 40.5 Å². The number of carbonyl (C=O) groups excluding carboxylic acids is 1. The van der Waals surface area contributed by atoms with Gasteiger partial charge in [-0.2, -0.15) is 0 Å². The Morgan fingerprint density at radius 2 is 1.64 bits per heavy atom. The molecule has 0 radical (unpaired) electrons. The Balaban J connectivity index is 1.85. The van der Waals surface area contributed by atoms with Crippen LogP contribution in [-0.4, -0.2) is 98.1 Å². The third-order valence-corrected chi connectivity index (χ3v) is 9.16. The molecule has 1 aliphatic heterocycles. The standard InChI is InChI=1S/C29H33N3O10S2/c1-19-6-8-24(9-7-19)44(38,39)32(43)25-14-20(28(35)30-10-12-31(13-11-30)29(36)37)15-26(41-18-21(34)17-33)27(25)42-23-5-3-4-22(16-23)40-2/h3-9,14-16,21,33-34,43H,10-13,17-18H2,1-2H3,(H,36,37). The van der Waals surface area contributed by atoms with Crippen molar-refractivity contribution in [1.29, 1.82) is 0 Å². The Morgan fingerprint density at radius 1 is 1.00 bits per heavy atom. The number of aryl methyl sites for hydroxylation is 1. The molecule has 2 amide bonds. The van der Waals surface area contributed by atoms with Gasteiger partial charge in [-0.3, -0.25) is 4.79 Å². The van der Waals surface area contributed by atoms with Crippen LogP contribution < -0.4 is 17.9 Å². The molecular weight excluding hydrogens is 614 g/mol. The fraction of sp³-hybridized carbons (Fsp3) is 0.310. The van der Waals surface area contributed by atoms with Crippen molar-refractivity contribution in [2.45, 2.75) is 17.9 Å². The number of aliphatic hydroxyl groups excluding tert-OH is 2. The van der Waals surface area contributed by atoms with E-state index in [0.29, 0.717) is 9.46 Å². The fourth-order valence-corrected chi connectivity index (χ4v) is 5.81. The van der Waals surface area contributed by atoms with Crippen LogP contribution in [0, 0.1) is 6.92 Å². The number of hydrogen-bond acceptors (Lipinski definition) is 10. The van der Waals surface area contributed by atoms with E-state index in [0.717, 1.165) is 5.56 Å². The SMILES string of the molecule is COc1cccc(Oc2c(OCC(O)CO)cc(C(=O)N3CCN(C(=O)O)CC3)cc2N(S)S(=O)(=O)c2ccc(C)cc2)c1. The summed E-state index contributed by atoms with van der Waals surface area (Å²) in [6, 6.07) is 15.2. The summed E-state index contributed by atoms with van der Waals surface area (Å²) in [5.41, 5.74) is 0.652. The Morgan fingerprint density at radius 3 is 2.25 bits per heavy atom. The van der Waals surface area contributed by atoms with Gasteiger partial charge in [0.05, 0.1) is 18.6 Å². The predicted molar refractivity (Wildman–Crippen MR) is 163 cm³/mol. The van der Waals surface area contributed by atoms with Crippen LogP contribution in [0.5, 0.6) is 23.0 Å². The number of carboxylic acid groups (broad SMARTS) is 1. The molecule has 0 spiro atoms. The second-order valence-electron chi connectivity index (χ2n) is 9.87. The van der Waals surface area contributed by atoms with E-state index in [4.69, 9.17) is 14.2 Å². The number of methoxy groups -OCH3 is 1. The molecule has 0 saturated carbocycles. The number of amides is 2. The Labute approximate surface area is 260 Å². The topological polar surface area (TPSA) is 166 Å². The van der Waals surface area contributed by atoms with Crippen molar-refractivity contribution < 1.29 is 47.5 Å². The molecule has 13 nitrogen and oxygen atoms in total. The molecule has 3 aromatic carbocycles. The van der Waals surface area contributed by atoms with Crippen molar-refractivity contribution in [3.63, 3.8) is 0 Å². The lowest BCUT2D eigenvalue weighted by Gasteiger charge is -2.33. The number of carbonyl (C=O) groups is 2. The van der Waals surface area contributed by atoms with Crippen molar-refractivity contribution in [3.05, 3.63) is 71.8 Å². The minimum Gasteiger partial charge on any atom is -0.497 e. The average Bonchev–Trinajstić information content (AvgIpc) is 3.03. The molecule has 4 rings (SSSR count). The number of hydrogen-bond donors (Lipinski definition) is 4. The van der Waals surface area contributed by atoms with Gasteiger partial charge in [0.2, 0.25) is 0 Å². The highest BCUT2D eigenvalue weighted by Gasteiger charge is 2.31. The maximum Gasteiger partial charge on any atom is 0.407 e. The van der Waals surface area contributed by atoms with E-state index in [9.17, 15) is 33.3 Å². The van der Waals surface area contributed by atoms with E-state index in [-0.39, 0.29) is 59.6 Å². The van der Waals surface area contributed by atoms with Gasteiger partial charge in [0.1, 0.15) is 29.9 Å². The molecular formula is C29H33N3O10S2. The van der Waals surface area contributed by atoms with Gasteiger partial charge < -0.3 is 39.3 Å². The molecule has 0 bridgehead atoms. The van der Waals surface area contributed by atoms with Crippen molar-refractivity contribution in [1.82, 2.24) is 9.80 Å². The molecule has 1 saturated heterocycles. The first-order valence-electron chi connectivity index (χ1n) is 13.4. The zero-order valence-electron chi connectivity index (χ0n) is 24.0. The van der Waals surface area contributed by atoms with E-state index in [1.807, 2.05) is 6.92 Å². The first-order valence-corrected chi connectivity index (χ1v) is 15.3. The number of nitrogens with zero attached hydrogens (tertiary/aromatic N) is 3. The molecule has 1 heterocycles. The lowest BCUT2D eigenvalue weighted by Crippen LogP contribution is -2.50. The largest absolute Gasteiger partial charge is 0.497 e. The lowest BCUT2D eigenvalue weighted by molar-refractivity contribution is 0.0527. The highest BCUT2D eigenvalue weighted by atomic mass is 32.3. The lowest BCUT2D eigenvalue weighted by atomic mass is 10.1. The molecule has 1 aliphatic rings. The van der Waals surface area contributed by atoms with Gasteiger partial charge in [-0.25, -0.2) is 16.9 Å². The normalized spacial score (nSPS) is 14.1. The van der Waals surface area contributed by atoms with Crippen LogP contribution in [0.15, 0.2) is 65.6 Å². The molecule has 1 fully saturated rings. The van der Waals surface area contributed by atoms with Crippen molar-refractivity contribution in [3.8, 4) is 23.0 Å². The second kappa shape index (κ2) is 14.1. The molecule has 0 aliphatic carbocycles. The van der Waals surface area contributed by atoms with E-state index in [1.165, 1.54) is 41.2 Å². The summed E-state index contributed by atoms with van der Waals surface area (Å²) in [7, 11) is -2.85. The zero-order valence-corrected chi connectivity index (χ0v) is 25.7. The molecule has 44 heavy (non-hydrogen) atoms. The van der Waals surface area contributed by atoms with Crippen LogP contribution in [0.3, 0.4) is 0 Å². The second-order valence-corrected chi connectivity index (χ2v) is 12.3. The van der Waals surface area contributed by atoms with Gasteiger partial charge in [-0.15, -0.1) is 0 Å². The number of rotatable bonds is 11. The number of thiol groups is 1. The van der Waals surface area contributed by atoms with Crippen molar-refractivity contribution in [2.75, 3.05) is 50.2 Å². The average molecular weight is 648 g/mol. The smallest absolute Gasteiger partial charge is 0.407 e. The van der Waals surface area contributed by atoms with E-state index >= 15 is 0 Å². The van der Waals surface area contributed by atoms with Gasteiger partial charge in [-0.1, -0.05) is 23.8 Å². The van der Waals surface area contributed by atoms with Crippen molar-refractivity contribution in [2.24, 2.45) is 0 Å². The van der Waals surface area contributed by atoms with Gasteiger partial charge >= 0.3 is 6.09 Å². The van der Waals surface area contributed by atoms with Crippen LogP contribution in [0.4, 0.5) is 10.5 Å². The van der Waals surface area contributed by atoms with Crippen LogP contribution in [0.25, 0.3) is 0 Å². The summed E-state index contributed by atoms with van der Waals surface area (Å²) in [4.78, 5) is 27.6. The number of piperazine rings is 1. The molecule has 3 N–H and O–H groups in total. The van der Waals surface area contributed by atoms with E-state index < -0.39 is 41.3 Å². The van der Waals surface area contributed by atoms with Gasteiger partial charge in [0.25, 0.3) is 15.9 Å². The van der Waals surface area contributed by atoms with Gasteiger partial charge in [0.15, 0.2) is 11.5 Å². The molecule has 15 heteroatoms. The number of ether oxygens (including phenoxy) is 3. The fourth-order valence-electron chi connectivity index (χ4n) is 4.31. The molecule has 1 unspecified atom stereocenters. The summed E-state index contributed by atoms with van der Waals surface area (Å²) < 4.78 is 45.4. The van der Waals surface area contributed by atoms with Gasteiger partial charge in [-0.05, 0) is 56.1 Å². The van der Waals surface area contributed by atoms with E-state index in [2.05, 4.69) is 12.8 Å². The predicted octanol–water partition coefficient (Wildman–Crippen LogP) is 3.00. The minimum atomic E-state index is -4.32. The quantitative estimate of drug-likeness (QED) is 0.227. The number of sulfonamides is 1. The first-order chi connectivity index (χ1) is 20.9. The summed E-state index contributed by atoms with van der Waals surface area (Å²) in [6.07, 6.45) is -2.39. The molecule has 3 aromatic rings. The summed E-state index contributed by atoms with van der Waals surface area (Å²) in [5.74, 6) is -0.114.